The van der Waals surface area contributed by atoms with E-state index in [-0.39, 0.29) is 6.42 Å². The first-order valence-corrected chi connectivity index (χ1v) is 5.05. The molecule has 1 aromatic rings. The zero-order chi connectivity index (χ0) is 11.7. The van der Waals surface area contributed by atoms with Gasteiger partial charge in [0.1, 0.15) is 18.2 Å². The Bertz CT molecular complexity index is 392. The number of carboxylic acids is 1. The van der Waals surface area contributed by atoms with Crippen molar-refractivity contribution in [3.63, 3.8) is 0 Å². The number of nitrogens with zero attached hydrogens (tertiary/aromatic N) is 4. The molecule has 88 valence electrons. The molecule has 16 heavy (non-hydrogen) atoms. The van der Waals surface area contributed by atoms with Crippen molar-refractivity contribution in [1.29, 1.82) is 0 Å². The summed E-state index contributed by atoms with van der Waals surface area (Å²) in [6, 6.07) is -0.633. The molecule has 1 aliphatic heterocycles. The number of likely N-dealkylation sites (tertiary alicyclic amines) is 1. The summed E-state index contributed by atoms with van der Waals surface area (Å²) in [5.74, 6) is -0.209. The molecule has 0 aromatic carbocycles. The smallest absolute Gasteiger partial charge is 0.321 e. The molecule has 1 fully saturated rings. The van der Waals surface area contributed by atoms with Crippen LogP contribution in [0.2, 0.25) is 0 Å². The Balaban J connectivity index is 2.09. The van der Waals surface area contributed by atoms with E-state index in [4.69, 9.17) is 5.11 Å². The van der Waals surface area contributed by atoms with Gasteiger partial charge in [-0.3, -0.25) is 9.69 Å². The second-order valence-electron chi connectivity index (χ2n) is 4.03. The molecular formula is C9H14N4O3. The Morgan fingerprint density at radius 2 is 2.44 bits per heavy atom. The van der Waals surface area contributed by atoms with Crippen LogP contribution in [0.4, 0.5) is 0 Å². The maximum Gasteiger partial charge on any atom is 0.321 e. The average Bonchev–Trinajstić information content (AvgIpc) is 2.75. The van der Waals surface area contributed by atoms with Crippen molar-refractivity contribution in [1.82, 2.24) is 19.7 Å². The number of carboxylic acid groups (broad SMARTS) is 1. The summed E-state index contributed by atoms with van der Waals surface area (Å²) >= 11 is 0. The second-order valence-corrected chi connectivity index (χ2v) is 4.03. The third-order valence-electron chi connectivity index (χ3n) is 2.82. The fraction of sp³-hybridized carbons (Fsp3) is 0.667. The van der Waals surface area contributed by atoms with Crippen LogP contribution in [0, 0.1) is 0 Å². The molecule has 1 saturated heterocycles. The molecule has 0 aliphatic carbocycles. The number of hydrogen-bond donors (Lipinski definition) is 2. The lowest BCUT2D eigenvalue weighted by atomic mass is 10.2. The molecule has 2 N–H and O–H groups in total. The molecule has 7 nitrogen and oxygen atoms in total. The topological polar surface area (TPSA) is 91.5 Å². The average molecular weight is 226 g/mol. The number of aliphatic hydroxyl groups excluding tert-OH is 1. The minimum absolute atomic E-state index is 0.271. The van der Waals surface area contributed by atoms with Crippen LogP contribution in [-0.4, -0.2) is 54.5 Å². The Morgan fingerprint density at radius 1 is 1.69 bits per heavy atom. The number of aromatic nitrogens is 3. The lowest BCUT2D eigenvalue weighted by Crippen LogP contribution is -2.36. The summed E-state index contributed by atoms with van der Waals surface area (Å²) in [6.45, 7) is 0.758. The molecule has 0 radical (unpaired) electrons. The first-order chi connectivity index (χ1) is 7.58. The highest BCUT2D eigenvalue weighted by atomic mass is 16.4. The molecule has 1 aromatic heterocycles. The predicted molar refractivity (Wildman–Crippen MR) is 53.5 cm³/mol. The lowest BCUT2D eigenvalue weighted by molar-refractivity contribution is -0.142. The molecule has 0 bridgehead atoms. The van der Waals surface area contributed by atoms with E-state index in [0.717, 1.165) is 0 Å². The highest BCUT2D eigenvalue weighted by Crippen LogP contribution is 2.19. The van der Waals surface area contributed by atoms with Crippen molar-refractivity contribution in [2.45, 2.75) is 25.1 Å². The predicted octanol–water partition coefficient (Wildman–Crippen LogP) is -1.17. The SMILES string of the molecule is Cn1cnnc1CN1CC(O)CC1C(=O)O. The summed E-state index contributed by atoms with van der Waals surface area (Å²) in [5, 5.41) is 26.1. The normalized spacial score (nSPS) is 26.1. The monoisotopic (exact) mass is 226 g/mol. The minimum Gasteiger partial charge on any atom is -0.480 e. The molecule has 0 spiro atoms. The molecule has 2 unspecified atom stereocenters. The van der Waals surface area contributed by atoms with Crippen molar-refractivity contribution >= 4 is 5.97 Å². The summed E-state index contributed by atoms with van der Waals surface area (Å²) in [5.41, 5.74) is 0. The van der Waals surface area contributed by atoms with Gasteiger partial charge in [-0.1, -0.05) is 0 Å². The van der Waals surface area contributed by atoms with Crippen LogP contribution in [0.1, 0.15) is 12.2 Å². The molecule has 0 saturated carbocycles. The Labute approximate surface area is 92.3 Å². The van der Waals surface area contributed by atoms with Crippen molar-refractivity contribution < 1.29 is 15.0 Å². The number of aliphatic hydroxyl groups is 1. The van der Waals surface area contributed by atoms with E-state index >= 15 is 0 Å². The zero-order valence-electron chi connectivity index (χ0n) is 8.94. The van der Waals surface area contributed by atoms with Gasteiger partial charge >= 0.3 is 5.97 Å². The molecule has 2 heterocycles. The van der Waals surface area contributed by atoms with Crippen LogP contribution in [0.3, 0.4) is 0 Å². The third-order valence-corrected chi connectivity index (χ3v) is 2.82. The number of rotatable bonds is 3. The quantitative estimate of drug-likeness (QED) is 0.675. The highest BCUT2D eigenvalue weighted by Gasteiger charge is 2.36. The van der Waals surface area contributed by atoms with E-state index in [1.165, 1.54) is 0 Å². The van der Waals surface area contributed by atoms with E-state index in [1.807, 2.05) is 0 Å². The molecular weight excluding hydrogens is 212 g/mol. The van der Waals surface area contributed by atoms with Crippen LogP contribution in [0.25, 0.3) is 0 Å². The molecule has 0 amide bonds. The van der Waals surface area contributed by atoms with Gasteiger partial charge in [0, 0.05) is 20.0 Å². The Hall–Kier alpha value is -1.47. The number of aryl methyl sites for hydroxylation is 1. The first-order valence-electron chi connectivity index (χ1n) is 5.05. The second kappa shape index (κ2) is 4.18. The van der Waals surface area contributed by atoms with Crippen LogP contribution >= 0.6 is 0 Å². The van der Waals surface area contributed by atoms with Gasteiger partial charge in [-0.25, -0.2) is 0 Å². The zero-order valence-corrected chi connectivity index (χ0v) is 8.94. The van der Waals surface area contributed by atoms with Crippen LogP contribution in [-0.2, 0) is 18.4 Å². The molecule has 2 rings (SSSR count). The van der Waals surface area contributed by atoms with Gasteiger partial charge in [0.2, 0.25) is 0 Å². The van der Waals surface area contributed by atoms with Gasteiger partial charge < -0.3 is 14.8 Å². The Morgan fingerprint density at radius 3 is 3.00 bits per heavy atom. The number of β-amino-alcohol motifs (C(OH)–C–C–N with tert-alkyl or cyclic N) is 1. The minimum atomic E-state index is -0.904. The molecule has 7 heteroatoms. The number of hydrogen-bond acceptors (Lipinski definition) is 5. The van der Waals surface area contributed by atoms with Crippen LogP contribution in [0.5, 0.6) is 0 Å². The summed E-state index contributed by atoms with van der Waals surface area (Å²) < 4.78 is 1.74. The van der Waals surface area contributed by atoms with E-state index in [9.17, 15) is 9.90 Å². The van der Waals surface area contributed by atoms with Gasteiger partial charge in [-0.15, -0.1) is 10.2 Å². The van der Waals surface area contributed by atoms with Crippen molar-refractivity contribution in [2.75, 3.05) is 6.54 Å². The van der Waals surface area contributed by atoms with Gasteiger partial charge in [-0.05, 0) is 0 Å². The van der Waals surface area contributed by atoms with E-state index < -0.39 is 18.1 Å². The van der Waals surface area contributed by atoms with Crippen LogP contribution in [0.15, 0.2) is 6.33 Å². The highest BCUT2D eigenvalue weighted by molar-refractivity contribution is 5.74. The van der Waals surface area contributed by atoms with Gasteiger partial charge in [0.05, 0.1) is 12.6 Å². The fourth-order valence-corrected chi connectivity index (χ4v) is 1.94. The lowest BCUT2D eigenvalue weighted by Gasteiger charge is -2.19. The molecule has 2 atom stereocenters. The molecule has 1 aliphatic rings. The van der Waals surface area contributed by atoms with E-state index in [0.29, 0.717) is 18.9 Å². The number of carbonyl (C=O) groups is 1. The maximum absolute atomic E-state index is 11.0. The van der Waals surface area contributed by atoms with Gasteiger partial charge in [0.15, 0.2) is 0 Å². The van der Waals surface area contributed by atoms with E-state index in [2.05, 4.69) is 10.2 Å². The number of aliphatic carboxylic acids is 1. The fourth-order valence-electron chi connectivity index (χ4n) is 1.94. The van der Waals surface area contributed by atoms with Crippen molar-refractivity contribution in [2.24, 2.45) is 7.05 Å². The van der Waals surface area contributed by atoms with E-state index in [1.54, 1.807) is 22.8 Å². The third kappa shape index (κ3) is 2.05. The van der Waals surface area contributed by atoms with Gasteiger partial charge in [-0.2, -0.15) is 0 Å². The first kappa shape index (κ1) is 11.0. The standard InChI is InChI=1S/C9H14N4O3/c1-12-5-10-11-8(12)4-13-3-6(14)2-7(13)9(15)16/h5-7,14H,2-4H2,1H3,(H,15,16). The van der Waals surface area contributed by atoms with Crippen molar-refractivity contribution in [3.05, 3.63) is 12.2 Å². The largest absolute Gasteiger partial charge is 0.480 e. The summed E-state index contributed by atoms with van der Waals surface area (Å²) in [4.78, 5) is 12.7. The van der Waals surface area contributed by atoms with Crippen molar-refractivity contribution in [3.8, 4) is 0 Å². The summed E-state index contributed by atoms with van der Waals surface area (Å²) in [7, 11) is 1.80. The summed E-state index contributed by atoms with van der Waals surface area (Å²) in [6.07, 6.45) is 1.26. The Kier molecular flexibility index (Phi) is 2.88. The van der Waals surface area contributed by atoms with Crippen LogP contribution < -0.4 is 0 Å². The van der Waals surface area contributed by atoms with Gasteiger partial charge in [0.25, 0.3) is 0 Å². The maximum atomic E-state index is 11.0.